The van der Waals surface area contributed by atoms with Crippen molar-refractivity contribution in [1.29, 1.82) is 0 Å². The number of carboxylic acids is 1. The highest BCUT2D eigenvalue weighted by atomic mass is 16.4. The lowest BCUT2D eigenvalue weighted by molar-refractivity contribution is -0.144. The molecule has 1 saturated heterocycles. The van der Waals surface area contributed by atoms with Gasteiger partial charge in [0.15, 0.2) is 0 Å². The molecule has 0 unspecified atom stereocenters. The number of benzene rings is 2. The molecule has 51 heavy (non-hydrogen) atoms. The van der Waals surface area contributed by atoms with Crippen LogP contribution < -0.4 is 21.7 Å². The predicted molar refractivity (Wildman–Crippen MR) is 187 cm³/mol. The number of nitrogens with two attached hydrogens (primary N) is 1. The van der Waals surface area contributed by atoms with Crippen LogP contribution >= 0.6 is 0 Å². The molecule has 0 aliphatic carbocycles. The molecule has 3 heterocycles. The summed E-state index contributed by atoms with van der Waals surface area (Å²) in [4.78, 5) is 78.5. The number of carbonyl (C=O) groups excluding carboxylic acids is 4. The van der Waals surface area contributed by atoms with Crippen LogP contribution in [0.2, 0.25) is 0 Å². The smallest absolute Gasteiger partial charge is 0.326 e. The number of carboxylic acid groups (broad SMARTS) is 1. The van der Waals surface area contributed by atoms with E-state index in [-0.39, 0.29) is 31.6 Å². The van der Waals surface area contributed by atoms with Crippen molar-refractivity contribution < 1.29 is 34.2 Å². The molecule has 1 aliphatic rings. The first-order valence-corrected chi connectivity index (χ1v) is 16.9. The third-order valence-corrected chi connectivity index (χ3v) is 9.12. The number of nitrogens with one attached hydrogen (secondary N) is 5. The number of likely N-dealkylation sites (tertiary alicyclic amines) is 1. The van der Waals surface area contributed by atoms with Gasteiger partial charge in [0.2, 0.25) is 23.6 Å². The second kappa shape index (κ2) is 16.3. The number of aromatic hydroxyl groups is 1. The number of H-pyrrole nitrogens is 2. The molecule has 9 N–H and O–H groups in total. The van der Waals surface area contributed by atoms with Crippen molar-refractivity contribution in [2.24, 2.45) is 11.7 Å². The number of aromatic nitrogens is 3. The Hall–Kier alpha value is -5.70. The number of rotatable bonds is 15. The van der Waals surface area contributed by atoms with Crippen molar-refractivity contribution >= 4 is 40.5 Å². The summed E-state index contributed by atoms with van der Waals surface area (Å²) in [5.41, 5.74) is 9.10. The molecular weight excluding hydrogens is 656 g/mol. The molecule has 4 aromatic rings. The molecule has 5 rings (SSSR count). The fourth-order valence-corrected chi connectivity index (χ4v) is 6.34. The van der Waals surface area contributed by atoms with Crippen molar-refractivity contribution in [2.75, 3.05) is 6.54 Å². The highest BCUT2D eigenvalue weighted by molar-refractivity contribution is 5.96. The maximum atomic E-state index is 14.1. The van der Waals surface area contributed by atoms with E-state index in [9.17, 15) is 34.2 Å². The summed E-state index contributed by atoms with van der Waals surface area (Å²) in [5, 5.41) is 28.3. The van der Waals surface area contributed by atoms with Crippen molar-refractivity contribution in [1.82, 2.24) is 35.8 Å². The molecule has 4 amide bonds. The standard InChI is InChI=1S/C36H44N8O7/c1-20(2)31(36(50)51)43-33(47)28(15-22-17-39-27-7-4-3-6-25(22)27)41-34(48)30-8-5-13-44(30)35(49)29(16-23-18-38-19-40-23)42-32(46)26(37)14-21-9-11-24(45)12-10-21/h3-4,6-7,9-12,17-20,26,28-31,39,45H,5,8,13-16,37H2,1-2H3,(H,38,40)(H,41,48)(H,42,46)(H,43,47)(H,50,51)/t26-,28-,29-,30-,31+/m1/s1. The van der Waals surface area contributed by atoms with Crippen LogP contribution in [0.1, 0.15) is 43.5 Å². The Labute approximate surface area is 294 Å². The number of carbonyl (C=O) groups is 5. The van der Waals surface area contributed by atoms with Gasteiger partial charge in [0.05, 0.1) is 12.4 Å². The minimum Gasteiger partial charge on any atom is -0.508 e. The molecule has 15 heteroatoms. The number of aromatic amines is 2. The summed E-state index contributed by atoms with van der Waals surface area (Å²) >= 11 is 0. The van der Waals surface area contributed by atoms with Crippen LogP contribution in [-0.4, -0.2) is 96.4 Å². The van der Waals surface area contributed by atoms with Gasteiger partial charge in [-0.05, 0) is 54.5 Å². The monoisotopic (exact) mass is 700 g/mol. The van der Waals surface area contributed by atoms with Gasteiger partial charge < -0.3 is 46.8 Å². The molecule has 2 aromatic heterocycles. The Kier molecular flexibility index (Phi) is 11.7. The van der Waals surface area contributed by atoms with Crippen LogP contribution in [-0.2, 0) is 43.2 Å². The maximum absolute atomic E-state index is 14.1. The van der Waals surface area contributed by atoms with E-state index in [2.05, 4.69) is 30.9 Å². The van der Waals surface area contributed by atoms with E-state index in [1.54, 1.807) is 32.2 Å². The number of imidazole rings is 1. The first kappa shape index (κ1) is 36.6. The average molecular weight is 701 g/mol. The van der Waals surface area contributed by atoms with Gasteiger partial charge in [0.1, 0.15) is 29.9 Å². The average Bonchev–Trinajstić information content (AvgIpc) is 3.89. The van der Waals surface area contributed by atoms with Crippen LogP contribution in [0.3, 0.4) is 0 Å². The molecule has 5 atom stereocenters. The zero-order valence-corrected chi connectivity index (χ0v) is 28.5. The topological polar surface area (TPSA) is 236 Å². The molecule has 270 valence electrons. The number of fused-ring (bicyclic) bond motifs is 1. The van der Waals surface area contributed by atoms with Gasteiger partial charge in [-0.2, -0.15) is 0 Å². The van der Waals surface area contributed by atoms with E-state index < -0.39 is 65.7 Å². The first-order valence-electron chi connectivity index (χ1n) is 16.9. The van der Waals surface area contributed by atoms with E-state index in [0.717, 1.165) is 22.0 Å². The summed E-state index contributed by atoms with van der Waals surface area (Å²) in [6.07, 6.45) is 5.82. The largest absolute Gasteiger partial charge is 0.508 e. The number of phenolic OH excluding ortho intramolecular Hbond substituents is 1. The lowest BCUT2D eigenvalue weighted by Gasteiger charge is -2.30. The third-order valence-electron chi connectivity index (χ3n) is 9.12. The van der Waals surface area contributed by atoms with Crippen LogP contribution in [0.25, 0.3) is 10.9 Å². The zero-order valence-electron chi connectivity index (χ0n) is 28.5. The lowest BCUT2D eigenvalue weighted by atomic mass is 10.0. The van der Waals surface area contributed by atoms with E-state index >= 15 is 0 Å². The van der Waals surface area contributed by atoms with Crippen molar-refractivity contribution in [3.8, 4) is 5.75 Å². The van der Waals surface area contributed by atoms with Gasteiger partial charge in [-0.15, -0.1) is 0 Å². The number of para-hydroxylation sites is 1. The summed E-state index contributed by atoms with van der Waals surface area (Å²) < 4.78 is 0. The molecule has 2 aromatic carbocycles. The predicted octanol–water partition coefficient (Wildman–Crippen LogP) is 1.14. The summed E-state index contributed by atoms with van der Waals surface area (Å²) in [7, 11) is 0. The number of amides is 4. The maximum Gasteiger partial charge on any atom is 0.326 e. The highest BCUT2D eigenvalue weighted by Crippen LogP contribution is 2.22. The van der Waals surface area contributed by atoms with Gasteiger partial charge >= 0.3 is 5.97 Å². The second-order valence-corrected chi connectivity index (χ2v) is 13.2. The Balaban J connectivity index is 1.34. The molecule has 1 fully saturated rings. The van der Waals surface area contributed by atoms with Gasteiger partial charge in [-0.1, -0.05) is 44.2 Å². The van der Waals surface area contributed by atoms with Gasteiger partial charge in [-0.25, -0.2) is 9.78 Å². The minimum absolute atomic E-state index is 0.0543. The quantitative estimate of drug-likeness (QED) is 0.0887. The van der Waals surface area contributed by atoms with Crippen LogP contribution in [0.15, 0.2) is 67.3 Å². The SMILES string of the molecule is CC(C)[C@H](NC(=O)[C@@H](Cc1c[nH]c2ccccc12)NC(=O)[C@H]1CCCN1C(=O)[C@@H](Cc1cnc[nH]1)NC(=O)[C@H](N)Cc1ccc(O)cc1)C(=O)O. The summed E-state index contributed by atoms with van der Waals surface area (Å²) in [6.45, 7) is 3.58. The first-order chi connectivity index (χ1) is 24.4. The minimum atomic E-state index is -1.20. The molecule has 0 spiro atoms. The zero-order chi connectivity index (χ0) is 36.7. The number of hydrogen-bond donors (Lipinski definition) is 8. The molecule has 1 aliphatic heterocycles. The highest BCUT2D eigenvalue weighted by Gasteiger charge is 2.40. The fraction of sp³-hybridized carbons (Fsp3) is 0.389. The van der Waals surface area contributed by atoms with Crippen molar-refractivity contribution in [2.45, 2.75) is 76.2 Å². The fourth-order valence-electron chi connectivity index (χ4n) is 6.34. The summed E-state index contributed by atoms with van der Waals surface area (Å²) in [6, 6.07) is 8.38. The molecule has 0 bridgehead atoms. The summed E-state index contributed by atoms with van der Waals surface area (Å²) in [5.74, 6) is -3.86. The number of aliphatic carboxylic acids is 1. The number of phenols is 1. The van der Waals surface area contributed by atoms with E-state index in [1.165, 1.54) is 29.6 Å². The molecule has 0 saturated carbocycles. The third kappa shape index (κ3) is 9.11. The van der Waals surface area contributed by atoms with Crippen molar-refractivity contribution in [3.63, 3.8) is 0 Å². The van der Waals surface area contributed by atoms with Crippen LogP contribution in [0.4, 0.5) is 0 Å². The van der Waals surface area contributed by atoms with E-state index in [4.69, 9.17) is 5.73 Å². The Morgan fingerprint density at radius 2 is 1.69 bits per heavy atom. The number of hydrogen-bond acceptors (Lipinski definition) is 8. The van der Waals surface area contributed by atoms with E-state index in [1.807, 2.05) is 24.3 Å². The van der Waals surface area contributed by atoms with Gasteiger partial charge in [0.25, 0.3) is 0 Å². The molecule has 0 radical (unpaired) electrons. The van der Waals surface area contributed by atoms with Crippen LogP contribution in [0.5, 0.6) is 5.75 Å². The van der Waals surface area contributed by atoms with Crippen molar-refractivity contribution in [3.05, 3.63) is 84.1 Å². The van der Waals surface area contributed by atoms with E-state index in [0.29, 0.717) is 18.5 Å². The normalized spacial score (nSPS) is 16.7. The van der Waals surface area contributed by atoms with Crippen LogP contribution in [0, 0.1) is 5.92 Å². The Bertz CT molecular complexity index is 1840. The Morgan fingerprint density at radius 1 is 0.941 bits per heavy atom. The molecule has 15 nitrogen and oxygen atoms in total. The lowest BCUT2D eigenvalue weighted by Crippen LogP contribution is -2.59. The van der Waals surface area contributed by atoms with Gasteiger partial charge in [-0.3, -0.25) is 19.2 Å². The Morgan fingerprint density at radius 3 is 2.37 bits per heavy atom. The molecular formula is C36H44N8O7. The second-order valence-electron chi connectivity index (χ2n) is 13.2. The number of nitrogens with zero attached hydrogens (tertiary/aromatic N) is 2. The van der Waals surface area contributed by atoms with Gasteiger partial charge in [0, 0.05) is 48.4 Å².